The van der Waals surface area contributed by atoms with Crippen LogP contribution in [0.25, 0.3) is 0 Å². The highest BCUT2D eigenvalue weighted by Gasteiger charge is 2.03. The van der Waals surface area contributed by atoms with Crippen LogP contribution in [0.3, 0.4) is 0 Å². The number of hydrogen-bond acceptors (Lipinski definition) is 5. The zero-order valence-electron chi connectivity index (χ0n) is 9.38. The number of ketones is 1. The number of ether oxygens (including phenoxy) is 2. The summed E-state index contributed by atoms with van der Waals surface area (Å²) in [5, 5.41) is 2.83. The number of nitrogens with one attached hydrogen (secondary N) is 1. The van der Waals surface area contributed by atoms with Gasteiger partial charge in [-0.15, -0.1) is 0 Å². The van der Waals surface area contributed by atoms with Gasteiger partial charge in [-0.05, 0) is 13.8 Å². The Kier molecular flexibility index (Phi) is 9.01. The molecule has 15 heavy (non-hydrogen) atoms. The predicted octanol–water partition coefficient (Wildman–Crippen LogP) is 0.135. The second-order valence-electron chi connectivity index (χ2n) is 2.91. The summed E-state index contributed by atoms with van der Waals surface area (Å²) in [5.74, 6) is -0.261. The Morgan fingerprint density at radius 3 is 2.53 bits per heavy atom. The summed E-state index contributed by atoms with van der Waals surface area (Å²) in [6, 6.07) is 0. The lowest BCUT2D eigenvalue weighted by atomic mass is 10.3. The summed E-state index contributed by atoms with van der Waals surface area (Å²) in [4.78, 5) is 22.0. The monoisotopic (exact) mass is 217 g/mol. The Labute approximate surface area is 90.1 Å². The lowest BCUT2D eigenvalue weighted by Crippen LogP contribution is -2.27. The molecule has 0 aromatic rings. The molecule has 0 saturated heterocycles. The number of Topliss-reactive ketones (excluding diaryl/α,β-unsaturated/α-hetero) is 1. The van der Waals surface area contributed by atoms with Crippen LogP contribution < -0.4 is 5.32 Å². The summed E-state index contributed by atoms with van der Waals surface area (Å²) in [6.45, 7) is 5.29. The summed E-state index contributed by atoms with van der Waals surface area (Å²) in [6.07, 6.45) is 0.374. The van der Waals surface area contributed by atoms with E-state index < -0.39 is 0 Å². The number of carbonyl (C=O) groups excluding carboxylic acids is 2. The lowest BCUT2D eigenvalue weighted by molar-refractivity contribution is -0.142. The molecule has 0 atom stereocenters. The zero-order chi connectivity index (χ0) is 11.5. The van der Waals surface area contributed by atoms with Crippen LogP contribution in [0, 0.1) is 0 Å². The van der Waals surface area contributed by atoms with Gasteiger partial charge in [0.15, 0.2) is 5.78 Å². The van der Waals surface area contributed by atoms with E-state index in [1.54, 1.807) is 6.92 Å². The van der Waals surface area contributed by atoms with Gasteiger partial charge in [-0.2, -0.15) is 0 Å². The van der Waals surface area contributed by atoms with Crippen molar-refractivity contribution in [1.29, 1.82) is 0 Å². The molecule has 0 radical (unpaired) electrons. The molecular formula is C10H19NO4. The van der Waals surface area contributed by atoms with Gasteiger partial charge < -0.3 is 14.8 Å². The fourth-order valence-electron chi connectivity index (χ4n) is 0.918. The summed E-state index contributed by atoms with van der Waals surface area (Å²) < 4.78 is 9.65. The first kappa shape index (κ1) is 14.1. The number of carbonyl (C=O) groups is 2. The Bertz CT molecular complexity index is 194. The van der Waals surface area contributed by atoms with Gasteiger partial charge in [-0.1, -0.05) is 0 Å². The van der Waals surface area contributed by atoms with Crippen molar-refractivity contribution < 1.29 is 19.1 Å². The van der Waals surface area contributed by atoms with Gasteiger partial charge in [0.05, 0.1) is 13.2 Å². The molecule has 5 heteroatoms. The SMILES string of the molecule is CCOCC(=O)CCNCC(=O)OCC. The average molecular weight is 217 g/mol. The third kappa shape index (κ3) is 9.37. The highest BCUT2D eigenvalue weighted by molar-refractivity contribution is 5.79. The highest BCUT2D eigenvalue weighted by atomic mass is 16.5. The Morgan fingerprint density at radius 2 is 1.93 bits per heavy atom. The molecule has 88 valence electrons. The molecule has 5 nitrogen and oxygen atoms in total. The summed E-state index contributed by atoms with van der Waals surface area (Å²) >= 11 is 0. The third-order valence-corrected chi connectivity index (χ3v) is 1.62. The predicted molar refractivity (Wildman–Crippen MR) is 55.6 cm³/mol. The lowest BCUT2D eigenvalue weighted by Gasteiger charge is -2.04. The van der Waals surface area contributed by atoms with Crippen molar-refractivity contribution in [3.63, 3.8) is 0 Å². The van der Waals surface area contributed by atoms with Gasteiger partial charge >= 0.3 is 5.97 Å². The Morgan fingerprint density at radius 1 is 1.20 bits per heavy atom. The van der Waals surface area contributed by atoms with E-state index >= 15 is 0 Å². The van der Waals surface area contributed by atoms with Crippen LogP contribution >= 0.6 is 0 Å². The van der Waals surface area contributed by atoms with Crippen LogP contribution in [0.2, 0.25) is 0 Å². The molecule has 0 saturated carbocycles. The second-order valence-corrected chi connectivity index (χ2v) is 2.91. The van der Waals surface area contributed by atoms with Gasteiger partial charge in [0.25, 0.3) is 0 Å². The van der Waals surface area contributed by atoms with E-state index in [9.17, 15) is 9.59 Å². The maximum absolute atomic E-state index is 11.1. The summed E-state index contributed by atoms with van der Waals surface area (Å²) in [5.41, 5.74) is 0. The number of esters is 1. The van der Waals surface area contributed by atoms with Crippen molar-refractivity contribution in [2.45, 2.75) is 20.3 Å². The van der Waals surface area contributed by atoms with Gasteiger partial charge in [-0.25, -0.2) is 0 Å². The molecule has 0 fully saturated rings. The number of hydrogen-bond donors (Lipinski definition) is 1. The maximum atomic E-state index is 11.1. The standard InChI is InChI=1S/C10H19NO4/c1-3-14-8-9(12)5-6-11-7-10(13)15-4-2/h11H,3-8H2,1-2H3. The minimum Gasteiger partial charge on any atom is -0.465 e. The van der Waals surface area contributed by atoms with E-state index in [1.165, 1.54) is 0 Å². The van der Waals surface area contributed by atoms with Crippen molar-refractivity contribution in [2.24, 2.45) is 0 Å². The Balaban J connectivity index is 3.30. The fraction of sp³-hybridized carbons (Fsp3) is 0.800. The largest absolute Gasteiger partial charge is 0.465 e. The van der Waals surface area contributed by atoms with E-state index in [-0.39, 0.29) is 24.9 Å². The topological polar surface area (TPSA) is 64.6 Å². The van der Waals surface area contributed by atoms with Gasteiger partial charge in [0.2, 0.25) is 0 Å². The van der Waals surface area contributed by atoms with Crippen molar-refractivity contribution >= 4 is 11.8 Å². The zero-order valence-corrected chi connectivity index (χ0v) is 9.38. The molecule has 0 bridgehead atoms. The van der Waals surface area contributed by atoms with Crippen molar-refractivity contribution in [1.82, 2.24) is 5.32 Å². The first-order valence-corrected chi connectivity index (χ1v) is 5.16. The molecule has 0 unspecified atom stereocenters. The van der Waals surface area contributed by atoms with Gasteiger partial charge in [-0.3, -0.25) is 9.59 Å². The quantitative estimate of drug-likeness (QED) is 0.439. The van der Waals surface area contributed by atoms with E-state index in [4.69, 9.17) is 9.47 Å². The first-order valence-electron chi connectivity index (χ1n) is 5.16. The van der Waals surface area contributed by atoms with Crippen LogP contribution in [0.15, 0.2) is 0 Å². The molecule has 0 aliphatic heterocycles. The molecule has 1 N–H and O–H groups in total. The maximum Gasteiger partial charge on any atom is 0.319 e. The van der Waals surface area contributed by atoms with E-state index in [2.05, 4.69) is 5.32 Å². The van der Waals surface area contributed by atoms with Crippen LogP contribution in [-0.2, 0) is 19.1 Å². The molecule has 0 spiro atoms. The van der Waals surface area contributed by atoms with Gasteiger partial charge in [0.1, 0.15) is 6.61 Å². The van der Waals surface area contributed by atoms with Crippen LogP contribution in [0.4, 0.5) is 0 Å². The third-order valence-electron chi connectivity index (χ3n) is 1.62. The van der Waals surface area contributed by atoms with Gasteiger partial charge in [0, 0.05) is 19.6 Å². The van der Waals surface area contributed by atoms with Crippen LogP contribution in [0.1, 0.15) is 20.3 Å². The molecule has 0 amide bonds. The molecule has 0 rings (SSSR count). The number of rotatable bonds is 9. The fourth-order valence-corrected chi connectivity index (χ4v) is 0.918. The van der Waals surface area contributed by atoms with Crippen molar-refractivity contribution in [2.75, 3.05) is 32.9 Å². The van der Waals surface area contributed by atoms with E-state index in [0.29, 0.717) is 26.2 Å². The smallest absolute Gasteiger partial charge is 0.319 e. The van der Waals surface area contributed by atoms with Crippen LogP contribution in [-0.4, -0.2) is 44.7 Å². The van der Waals surface area contributed by atoms with E-state index in [0.717, 1.165) is 0 Å². The molecular weight excluding hydrogens is 198 g/mol. The minimum atomic E-state index is -0.297. The Hall–Kier alpha value is -0.940. The molecule has 0 aromatic heterocycles. The van der Waals surface area contributed by atoms with E-state index in [1.807, 2.05) is 6.92 Å². The highest BCUT2D eigenvalue weighted by Crippen LogP contribution is 1.84. The first-order chi connectivity index (χ1) is 7.20. The van der Waals surface area contributed by atoms with Crippen molar-refractivity contribution in [3.05, 3.63) is 0 Å². The molecule has 0 aliphatic rings. The average Bonchev–Trinajstić information content (AvgIpc) is 2.22. The molecule has 0 heterocycles. The van der Waals surface area contributed by atoms with Crippen molar-refractivity contribution in [3.8, 4) is 0 Å². The van der Waals surface area contributed by atoms with Crippen LogP contribution in [0.5, 0.6) is 0 Å². The minimum absolute atomic E-state index is 0.0354. The second kappa shape index (κ2) is 9.61. The normalized spacial score (nSPS) is 10.0. The summed E-state index contributed by atoms with van der Waals surface area (Å²) in [7, 11) is 0. The molecule has 0 aliphatic carbocycles. The molecule has 0 aromatic carbocycles.